The zero-order chi connectivity index (χ0) is 27.2. The molecule has 2 aliphatic heterocycles. The Kier molecular flexibility index (Phi) is 8.96. The number of hydrogen-bond donors (Lipinski definition) is 2. The molecule has 1 aromatic heterocycles. The molecule has 5 rings (SSSR count). The summed E-state index contributed by atoms with van der Waals surface area (Å²) in [5.41, 5.74) is 7.28. The molecule has 2 aliphatic rings. The molecule has 0 radical (unpaired) electrons. The molecule has 39 heavy (non-hydrogen) atoms. The van der Waals surface area contributed by atoms with Gasteiger partial charge in [0, 0.05) is 69.1 Å². The van der Waals surface area contributed by atoms with Crippen molar-refractivity contribution in [1.29, 1.82) is 0 Å². The number of anilines is 2. The molecule has 2 atom stereocenters. The first kappa shape index (κ1) is 27.4. The summed E-state index contributed by atoms with van der Waals surface area (Å²) in [5, 5.41) is 14.6. The summed E-state index contributed by atoms with van der Waals surface area (Å²) >= 11 is 0. The first-order chi connectivity index (χ1) is 19.0. The lowest BCUT2D eigenvalue weighted by Gasteiger charge is -2.40. The van der Waals surface area contributed by atoms with Crippen LogP contribution in [0.1, 0.15) is 36.5 Å². The number of rotatable bonds is 9. The van der Waals surface area contributed by atoms with Crippen LogP contribution in [0.5, 0.6) is 0 Å². The van der Waals surface area contributed by atoms with Crippen LogP contribution < -0.4 is 20.6 Å². The van der Waals surface area contributed by atoms with Gasteiger partial charge < -0.3 is 19.5 Å². The molecule has 2 unspecified atom stereocenters. The Morgan fingerprint density at radius 3 is 2.44 bits per heavy atom. The fourth-order valence-corrected chi connectivity index (χ4v) is 5.57. The number of hydrogen-bond acceptors (Lipinski definition) is 7. The van der Waals surface area contributed by atoms with E-state index in [2.05, 4.69) is 81.3 Å². The summed E-state index contributed by atoms with van der Waals surface area (Å²) in [4.78, 5) is 16.2. The smallest absolute Gasteiger partial charge is 0.147 e. The Morgan fingerprint density at radius 1 is 0.949 bits per heavy atom. The molecule has 2 N–H and O–H groups in total. The van der Waals surface area contributed by atoms with Crippen LogP contribution in [0.4, 0.5) is 11.4 Å². The second-order valence-electron chi connectivity index (χ2n) is 10.9. The minimum atomic E-state index is -0.553. The SMILES string of the molecule is Cc1cccc(N2CCN(C(O)C(C)NCn3ccncc3=NCc3ccc(N4CCCC4)cc3)CC2)c1C. The Morgan fingerprint density at radius 2 is 1.69 bits per heavy atom. The minimum absolute atomic E-state index is 0.0936. The highest BCUT2D eigenvalue weighted by Crippen LogP contribution is 2.24. The van der Waals surface area contributed by atoms with E-state index in [4.69, 9.17) is 4.99 Å². The number of aryl methyl sites for hydroxylation is 1. The monoisotopic (exact) mass is 529 g/mol. The molecular formula is C31H43N7O. The highest BCUT2D eigenvalue weighted by Gasteiger charge is 2.26. The van der Waals surface area contributed by atoms with Gasteiger partial charge in [-0.1, -0.05) is 24.3 Å². The van der Waals surface area contributed by atoms with Crippen LogP contribution in [0.15, 0.2) is 66.0 Å². The molecule has 3 aromatic rings. The number of nitrogens with one attached hydrogen (secondary N) is 1. The third kappa shape index (κ3) is 6.69. The van der Waals surface area contributed by atoms with Gasteiger partial charge in [-0.15, -0.1) is 0 Å². The summed E-state index contributed by atoms with van der Waals surface area (Å²) in [7, 11) is 0. The molecule has 0 amide bonds. The Labute approximate surface area is 232 Å². The molecule has 8 nitrogen and oxygen atoms in total. The van der Waals surface area contributed by atoms with E-state index in [-0.39, 0.29) is 6.04 Å². The maximum absolute atomic E-state index is 11.1. The van der Waals surface area contributed by atoms with Crippen LogP contribution in [0.2, 0.25) is 0 Å². The van der Waals surface area contributed by atoms with E-state index in [9.17, 15) is 5.11 Å². The summed E-state index contributed by atoms with van der Waals surface area (Å²) in [5.74, 6) is 0. The lowest BCUT2D eigenvalue weighted by molar-refractivity contribution is -0.0245. The fourth-order valence-electron chi connectivity index (χ4n) is 5.57. The van der Waals surface area contributed by atoms with Crippen LogP contribution in [0, 0.1) is 13.8 Å². The number of piperazine rings is 1. The topological polar surface area (TPSA) is 72.2 Å². The van der Waals surface area contributed by atoms with E-state index >= 15 is 0 Å². The summed E-state index contributed by atoms with van der Waals surface area (Å²) in [6.45, 7) is 13.4. The van der Waals surface area contributed by atoms with E-state index in [0.29, 0.717) is 13.2 Å². The van der Waals surface area contributed by atoms with E-state index < -0.39 is 6.23 Å². The molecule has 0 saturated carbocycles. The van der Waals surface area contributed by atoms with Crippen molar-refractivity contribution in [1.82, 2.24) is 19.8 Å². The van der Waals surface area contributed by atoms with Crippen LogP contribution >= 0.6 is 0 Å². The maximum Gasteiger partial charge on any atom is 0.147 e. The number of aliphatic hydroxyl groups is 1. The average molecular weight is 530 g/mol. The van der Waals surface area contributed by atoms with Crippen molar-refractivity contribution in [2.45, 2.75) is 59.1 Å². The van der Waals surface area contributed by atoms with Gasteiger partial charge >= 0.3 is 0 Å². The Bertz CT molecular complexity index is 1270. The number of benzene rings is 2. The summed E-state index contributed by atoms with van der Waals surface area (Å²) in [6.07, 6.45) is 7.53. The van der Waals surface area contributed by atoms with E-state index in [1.807, 2.05) is 17.7 Å². The van der Waals surface area contributed by atoms with Crippen LogP contribution in [0.3, 0.4) is 0 Å². The summed E-state index contributed by atoms with van der Waals surface area (Å²) < 4.78 is 2.05. The van der Waals surface area contributed by atoms with Crippen molar-refractivity contribution in [3.05, 3.63) is 83.2 Å². The van der Waals surface area contributed by atoms with E-state index in [0.717, 1.165) is 44.8 Å². The Balaban J connectivity index is 1.14. The first-order valence-electron chi connectivity index (χ1n) is 14.3. The lowest BCUT2D eigenvalue weighted by atomic mass is 10.1. The van der Waals surface area contributed by atoms with Crippen LogP contribution in [0.25, 0.3) is 0 Å². The number of nitrogens with zero attached hydrogens (tertiary/aromatic N) is 6. The summed E-state index contributed by atoms with van der Waals surface area (Å²) in [6, 6.07) is 15.2. The van der Waals surface area contributed by atoms with Crippen molar-refractivity contribution in [2.75, 3.05) is 49.1 Å². The number of aliphatic hydroxyl groups excluding tert-OH is 1. The fraction of sp³-hybridized carbons (Fsp3) is 0.484. The zero-order valence-corrected chi connectivity index (χ0v) is 23.6. The Hall–Kier alpha value is -3.20. The third-order valence-corrected chi connectivity index (χ3v) is 8.28. The molecule has 2 fully saturated rings. The van der Waals surface area contributed by atoms with Gasteiger partial charge in [0.15, 0.2) is 0 Å². The van der Waals surface area contributed by atoms with Crippen LogP contribution in [-0.2, 0) is 13.2 Å². The molecule has 208 valence electrons. The highest BCUT2D eigenvalue weighted by molar-refractivity contribution is 5.56. The van der Waals surface area contributed by atoms with Crippen LogP contribution in [-0.4, -0.2) is 71.1 Å². The second-order valence-corrected chi connectivity index (χ2v) is 10.9. The third-order valence-electron chi connectivity index (χ3n) is 8.28. The molecule has 0 aliphatic carbocycles. The van der Waals surface area contributed by atoms with Gasteiger partial charge in [0.1, 0.15) is 11.7 Å². The zero-order valence-electron chi connectivity index (χ0n) is 23.6. The van der Waals surface area contributed by atoms with Gasteiger partial charge in [0.25, 0.3) is 0 Å². The van der Waals surface area contributed by atoms with Gasteiger partial charge in [0.2, 0.25) is 0 Å². The quantitative estimate of drug-likeness (QED) is 0.443. The minimum Gasteiger partial charge on any atom is -0.377 e. The van der Waals surface area contributed by atoms with Crippen molar-refractivity contribution in [3.8, 4) is 0 Å². The van der Waals surface area contributed by atoms with Gasteiger partial charge in [0.05, 0.1) is 19.4 Å². The first-order valence-corrected chi connectivity index (χ1v) is 14.3. The van der Waals surface area contributed by atoms with Crippen molar-refractivity contribution >= 4 is 11.4 Å². The molecule has 0 spiro atoms. The van der Waals surface area contributed by atoms with E-state index in [1.165, 1.54) is 40.9 Å². The van der Waals surface area contributed by atoms with Gasteiger partial charge in [-0.05, 0) is 68.5 Å². The van der Waals surface area contributed by atoms with Crippen molar-refractivity contribution in [2.24, 2.45) is 4.99 Å². The van der Waals surface area contributed by atoms with E-state index in [1.54, 1.807) is 12.4 Å². The standard InChI is InChI=1S/C31H43N7O/c1-24-7-6-8-29(25(24)2)36-17-19-37(20-18-36)31(39)26(3)34-23-38-16-13-32-22-30(38)33-21-27-9-11-28(12-10-27)35-14-4-5-15-35/h6-13,16,22,26,31,34,39H,4-5,14-15,17-21,23H2,1-3H3. The lowest BCUT2D eigenvalue weighted by Crippen LogP contribution is -2.56. The van der Waals surface area contributed by atoms with Gasteiger partial charge in [-0.2, -0.15) is 0 Å². The largest absolute Gasteiger partial charge is 0.377 e. The molecule has 2 aromatic carbocycles. The average Bonchev–Trinajstić information content (AvgIpc) is 3.52. The highest BCUT2D eigenvalue weighted by atomic mass is 16.3. The van der Waals surface area contributed by atoms with Gasteiger partial charge in [-0.3, -0.25) is 20.2 Å². The van der Waals surface area contributed by atoms with Crippen molar-refractivity contribution < 1.29 is 5.11 Å². The maximum atomic E-state index is 11.1. The van der Waals surface area contributed by atoms with Gasteiger partial charge in [-0.25, -0.2) is 0 Å². The predicted octanol–water partition coefficient (Wildman–Crippen LogP) is 3.28. The second kappa shape index (κ2) is 12.8. The number of aromatic nitrogens is 2. The molecular weight excluding hydrogens is 486 g/mol. The molecule has 3 heterocycles. The molecule has 0 bridgehead atoms. The molecule has 2 saturated heterocycles. The van der Waals surface area contributed by atoms with Crippen molar-refractivity contribution in [3.63, 3.8) is 0 Å². The molecule has 8 heteroatoms. The normalized spacial score (nSPS) is 18.5. The predicted molar refractivity (Wildman–Crippen MR) is 158 cm³/mol.